The Morgan fingerprint density at radius 2 is 1.70 bits per heavy atom. The Kier molecular flexibility index (Phi) is 6.58. The second-order valence-corrected chi connectivity index (χ2v) is 9.07. The van der Waals surface area contributed by atoms with Gasteiger partial charge in [0.25, 0.3) is 5.91 Å². The van der Waals surface area contributed by atoms with Crippen LogP contribution in [0.4, 0.5) is 5.69 Å². The van der Waals surface area contributed by atoms with Gasteiger partial charge >= 0.3 is 5.97 Å². The standard InChI is InChI=1S/C22H26N2O5S/c1-4-23(5-2)30(27,28)19-12-10-17(11-13-19)22(26)29-15-21(25)24-16(3)14-18-8-6-7-9-20(18)24/h6-13,16H,4-5,14-15H2,1-3H3. The first-order valence-corrected chi connectivity index (χ1v) is 11.4. The van der Waals surface area contributed by atoms with Gasteiger partial charge in [-0.15, -0.1) is 0 Å². The van der Waals surface area contributed by atoms with Crippen molar-refractivity contribution in [2.45, 2.75) is 38.1 Å². The highest BCUT2D eigenvalue weighted by Crippen LogP contribution is 2.31. The van der Waals surface area contributed by atoms with Crippen LogP contribution in [0.5, 0.6) is 0 Å². The number of benzene rings is 2. The third kappa shape index (κ3) is 4.24. The summed E-state index contributed by atoms with van der Waals surface area (Å²) in [6, 6.07) is 13.2. The molecule has 0 aromatic heterocycles. The molecule has 1 heterocycles. The molecule has 160 valence electrons. The van der Waals surface area contributed by atoms with E-state index in [1.54, 1.807) is 18.7 Å². The zero-order chi connectivity index (χ0) is 21.9. The van der Waals surface area contributed by atoms with E-state index in [4.69, 9.17) is 4.74 Å². The van der Waals surface area contributed by atoms with Crippen LogP contribution in [0.3, 0.4) is 0 Å². The fraction of sp³-hybridized carbons (Fsp3) is 0.364. The monoisotopic (exact) mass is 430 g/mol. The highest BCUT2D eigenvalue weighted by Gasteiger charge is 2.31. The predicted molar refractivity (Wildman–Crippen MR) is 114 cm³/mol. The van der Waals surface area contributed by atoms with Gasteiger partial charge in [-0.1, -0.05) is 32.0 Å². The summed E-state index contributed by atoms with van der Waals surface area (Å²) >= 11 is 0. The molecule has 0 saturated carbocycles. The van der Waals surface area contributed by atoms with Crippen molar-refractivity contribution >= 4 is 27.6 Å². The number of hydrogen-bond acceptors (Lipinski definition) is 5. The zero-order valence-electron chi connectivity index (χ0n) is 17.4. The molecular formula is C22H26N2O5S. The molecule has 1 aliphatic heterocycles. The fourth-order valence-electron chi connectivity index (χ4n) is 3.70. The molecule has 0 bridgehead atoms. The van der Waals surface area contributed by atoms with Crippen LogP contribution in [-0.4, -0.2) is 50.3 Å². The van der Waals surface area contributed by atoms with Gasteiger partial charge in [-0.2, -0.15) is 4.31 Å². The minimum atomic E-state index is -3.59. The van der Waals surface area contributed by atoms with Gasteiger partial charge in [0.1, 0.15) is 0 Å². The van der Waals surface area contributed by atoms with Crippen LogP contribution in [0.1, 0.15) is 36.7 Å². The molecule has 0 fully saturated rings. The molecule has 2 aromatic rings. The van der Waals surface area contributed by atoms with Gasteiger partial charge in [0.2, 0.25) is 10.0 Å². The Morgan fingerprint density at radius 1 is 1.07 bits per heavy atom. The summed E-state index contributed by atoms with van der Waals surface area (Å²) in [5, 5.41) is 0. The summed E-state index contributed by atoms with van der Waals surface area (Å²) in [5.74, 6) is -0.961. The number of esters is 1. The van der Waals surface area contributed by atoms with Crippen molar-refractivity contribution in [3.05, 3.63) is 59.7 Å². The number of carbonyl (C=O) groups is 2. The molecule has 0 spiro atoms. The van der Waals surface area contributed by atoms with E-state index in [1.807, 2.05) is 31.2 Å². The average molecular weight is 431 g/mol. The number of fused-ring (bicyclic) bond motifs is 1. The normalized spacial score (nSPS) is 15.9. The van der Waals surface area contributed by atoms with Crippen LogP contribution in [0.15, 0.2) is 53.4 Å². The lowest BCUT2D eigenvalue weighted by Crippen LogP contribution is -2.38. The Balaban J connectivity index is 1.65. The summed E-state index contributed by atoms with van der Waals surface area (Å²) < 4.78 is 31.6. The molecule has 0 radical (unpaired) electrons. The number of nitrogens with zero attached hydrogens (tertiary/aromatic N) is 2. The smallest absolute Gasteiger partial charge is 0.338 e. The number of hydrogen-bond donors (Lipinski definition) is 0. The Morgan fingerprint density at radius 3 is 2.33 bits per heavy atom. The molecule has 30 heavy (non-hydrogen) atoms. The first kappa shape index (κ1) is 22.0. The van der Waals surface area contributed by atoms with E-state index in [1.165, 1.54) is 28.6 Å². The van der Waals surface area contributed by atoms with Crippen molar-refractivity contribution in [2.75, 3.05) is 24.6 Å². The maximum Gasteiger partial charge on any atom is 0.338 e. The van der Waals surface area contributed by atoms with Crippen LogP contribution < -0.4 is 4.90 Å². The Hall–Kier alpha value is -2.71. The second kappa shape index (κ2) is 8.97. The highest BCUT2D eigenvalue weighted by atomic mass is 32.2. The molecule has 7 nitrogen and oxygen atoms in total. The van der Waals surface area contributed by atoms with E-state index >= 15 is 0 Å². The van der Waals surface area contributed by atoms with Crippen molar-refractivity contribution in [3.63, 3.8) is 0 Å². The van der Waals surface area contributed by atoms with Crippen molar-refractivity contribution in [1.29, 1.82) is 0 Å². The van der Waals surface area contributed by atoms with Crippen LogP contribution in [0.25, 0.3) is 0 Å². The van der Waals surface area contributed by atoms with Crippen molar-refractivity contribution in [3.8, 4) is 0 Å². The first-order chi connectivity index (χ1) is 14.3. The molecule has 1 aliphatic rings. The van der Waals surface area contributed by atoms with E-state index in [0.717, 1.165) is 17.7 Å². The largest absolute Gasteiger partial charge is 0.452 e. The van der Waals surface area contributed by atoms with Gasteiger partial charge in [-0.05, 0) is 49.2 Å². The Bertz CT molecular complexity index is 1030. The highest BCUT2D eigenvalue weighted by molar-refractivity contribution is 7.89. The SMILES string of the molecule is CCN(CC)S(=O)(=O)c1ccc(C(=O)OCC(=O)N2c3ccccc3CC2C)cc1. The molecule has 0 aliphatic carbocycles. The van der Waals surface area contributed by atoms with Crippen LogP contribution in [0.2, 0.25) is 0 Å². The molecule has 3 rings (SSSR count). The zero-order valence-corrected chi connectivity index (χ0v) is 18.2. The lowest BCUT2D eigenvalue weighted by Gasteiger charge is -2.22. The summed E-state index contributed by atoms with van der Waals surface area (Å²) in [4.78, 5) is 26.8. The van der Waals surface area contributed by atoms with Crippen molar-refractivity contribution in [2.24, 2.45) is 0 Å². The number of sulfonamides is 1. The summed E-state index contributed by atoms with van der Waals surface area (Å²) in [7, 11) is -3.59. The minimum Gasteiger partial charge on any atom is -0.452 e. The molecule has 0 N–H and O–H groups in total. The minimum absolute atomic E-state index is 0.00170. The molecule has 2 aromatic carbocycles. The predicted octanol–water partition coefficient (Wildman–Crippen LogP) is 2.85. The van der Waals surface area contributed by atoms with E-state index in [2.05, 4.69) is 0 Å². The fourth-order valence-corrected chi connectivity index (χ4v) is 5.16. The van der Waals surface area contributed by atoms with Gasteiger partial charge in [-0.3, -0.25) is 4.79 Å². The van der Waals surface area contributed by atoms with Crippen molar-refractivity contribution in [1.82, 2.24) is 4.31 Å². The number of carbonyl (C=O) groups excluding carboxylic acids is 2. The van der Waals surface area contributed by atoms with Crippen LogP contribution in [0, 0.1) is 0 Å². The number of ether oxygens (including phenoxy) is 1. The quantitative estimate of drug-likeness (QED) is 0.631. The number of amides is 1. The molecule has 0 saturated heterocycles. The first-order valence-electron chi connectivity index (χ1n) is 9.96. The summed E-state index contributed by atoms with van der Waals surface area (Å²) in [6.07, 6.45) is 0.762. The Labute approximate surface area is 177 Å². The van der Waals surface area contributed by atoms with Gasteiger partial charge in [0, 0.05) is 24.8 Å². The van der Waals surface area contributed by atoms with E-state index in [-0.39, 0.29) is 29.0 Å². The van der Waals surface area contributed by atoms with Gasteiger partial charge in [0.15, 0.2) is 6.61 Å². The molecular weight excluding hydrogens is 404 g/mol. The van der Waals surface area contributed by atoms with Crippen molar-refractivity contribution < 1.29 is 22.7 Å². The van der Waals surface area contributed by atoms with Crippen LogP contribution >= 0.6 is 0 Å². The number of anilines is 1. The lowest BCUT2D eigenvalue weighted by molar-refractivity contribution is -0.122. The summed E-state index contributed by atoms with van der Waals surface area (Å²) in [5.41, 5.74) is 2.13. The second-order valence-electron chi connectivity index (χ2n) is 7.14. The molecule has 1 atom stereocenters. The van der Waals surface area contributed by atoms with E-state index in [0.29, 0.717) is 13.1 Å². The molecule has 1 amide bonds. The topological polar surface area (TPSA) is 84.0 Å². The number of para-hydroxylation sites is 1. The number of rotatable bonds is 7. The average Bonchev–Trinajstić information content (AvgIpc) is 3.08. The maximum atomic E-state index is 12.6. The van der Waals surface area contributed by atoms with Gasteiger partial charge < -0.3 is 9.64 Å². The third-order valence-corrected chi connectivity index (χ3v) is 7.30. The van der Waals surface area contributed by atoms with Gasteiger partial charge in [-0.25, -0.2) is 13.2 Å². The molecule has 1 unspecified atom stereocenters. The van der Waals surface area contributed by atoms with E-state index in [9.17, 15) is 18.0 Å². The molecule has 8 heteroatoms. The lowest BCUT2D eigenvalue weighted by atomic mass is 10.1. The van der Waals surface area contributed by atoms with Gasteiger partial charge in [0.05, 0.1) is 10.5 Å². The third-order valence-electron chi connectivity index (χ3n) is 5.24. The van der Waals surface area contributed by atoms with E-state index < -0.39 is 16.0 Å². The summed E-state index contributed by atoms with van der Waals surface area (Å²) in [6.45, 7) is 5.84. The maximum absolute atomic E-state index is 12.6. The van der Waals surface area contributed by atoms with Crippen LogP contribution in [-0.2, 0) is 26.0 Å².